The van der Waals surface area contributed by atoms with Gasteiger partial charge in [-0.3, -0.25) is 0 Å². The zero-order valence-electron chi connectivity index (χ0n) is 12.4. The van der Waals surface area contributed by atoms with Crippen LogP contribution in [0.15, 0.2) is 60.8 Å². The van der Waals surface area contributed by atoms with E-state index in [0.717, 1.165) is 6.42 Å². The lowest BCUT2D eigenvalue weighted by molar-refractivity contribution is -0.660. The fourth-order valence-corrected chi connectivity index (χ4v) is 3.39. The Morgan fingerprint density at radius 3 is 2.48 bits per heavy atom. The Morgan fingerprint density at radius 1 is 0.810 bits per heavy atom. The first-order chi connectivity index (χ1) is 10.2. The third-order valence-electron chi connectivity index (χ3n) is 4.47. The zero-order valence-corrected chi connectivity index (χ0v) is 12.4. The molecular formula is C20H18N+. The lowest BCUT2D eigenvalue weighted by atomic mass is 9.96. The molecule has 0 aliphatic heterocycles. The van der Waals surface area contributed by atoms with Crippen molar-refractivity contribution in [1.29, 1.82) is 0 Å². The monoisotopic (exact) mass is 272 g/mol. The van der Waals surface area contributed by atoms with Gasteiger partial charge < -0.3 is 0 Å². The van der Waals surface area contributed by atoms with Crippen LogP contribution in [0.25, 0.3) is 22.4 Å². The number of fused-ring (bicyclic) bond motifs is 3. The second-order valence-corrected chi connectivity index (χ2v) is 5.85. The Morgan fingerprint density at radius 2 is 1.62 bits per heavy atom. The van der Waals surface area contributed by atoms with E-state index in [4.69, 9.17) is 0 Å². The van der Waals surface area contributed by atoms with E-state index >= 15 is 0 Å². The molecule has 3 aromatic rings. The molecule has 1 aromatic heterocycles. The van der Waals surface area contributed by atoms with Crippen LogP contribution >= 0.6 is 0 Å². The van der Waals surface area contributed by atoms with Gasteiger partial charge in [-0.15, -0.1) is 0 Å². The number of pyridine rings is 1. The molecule has 2 aromatic carbocycles. The van der Waals surface area contributed by atoms with Crippen LogP contribution in [0.2, 0.25) is 0 Å². The number of benzene rings is 2. The Kier molecular flexibility index (Phi) is 2.68. The second kappa shape index (κ2) is 4.56. The molecule has 21 heavy (non-hydrogen) atoms. The van der Waals surface area contributed by atoms with Crippen LogP contribution in [-0.2, 0) is 13.5 Å². The number of hydrogen-bond donors (Lipinski definition) is 0. The minimum absolute atomic E-state index is 1.06. The summed E-state index contributed by atoms with van der Waals surface area (Å²) in [7, 11) is 2.11. The fraction of sp³-hybridized carbons (Fsp3) is 0.150. The minimum Gasteiger partial charge on any atom is -0.201 e. The summed E-state index contributed by atoms with van der Waals surface area (Å²) in [4.78, 5) is 0. The van der Waals surface area contributed by atoms with E-state index in [1.165, 1.54) is 39.1 Å². The first-order valence-electron chi connectivity index (χ1n) is 7.41. The van der Waals surface area contributed by atoms with E-state index in [-0.39, 0.29) is 0 Å². The molecule has 0 spiro atoms. The summed E-state index contributed by atoms with van der Waals surface area (Å²) in [5.74, 6) is 0. The summed E-state index contributed by atoms with van der Waals surface area (Å²) in [6, 6.07) is 19.8. The topological polar surface area (TPSA) is 3.88 Å². The smallest absolute Gasteiger partial charge is 0.201 e. The summed E-state index contributed by atoms with van der Waals surface area (Å²) >= 11 is 0. The highest BCUT2D eigenvalue weighted by atomic mass is 14.9. The van der Waals surface area contributed by atoms with E-state index in [2.05, 4.69) is 79.3 Å². The average Bonchev–Trinajstić information content (AvgIpc) is 2.84. The number of rotatable bonds is 1. The molecule has 0 saturated carbocycles. The molecule has 0 saturated heterocycles. The minimum atomic E-state index is 1.06. The molecular weight excluding hydrogens is 254 g/mol. The molecule has 1 nitrogen and oxygen atoms in total. The van der Waals surface area contributed by atoms with E-state index in [0.29, 0.717) is 0 Å². The van der Waals surface area contributed by atoms with Crippen molar-refractivity contribution < 1.29 is 4.57 Å². The van der Waals surface area contributed by atoms with Crippen molar-refractivity contribution >= 4 is 0 Å². The molecule has 0 bridgehead atoms. The Bertz CT molecular complexity index is 846. The van der Waals surface area contributed by atoms with Gasteiger partial charge >= 0.3 is 0 Å². The Hall–Kier alpha value is -2.41. The summed E-state index contributed by atoms with van der Waals surface area (Å²) in [6.45, 7) is 2.21. The van der Waals surface area contributed by atoms with Crippen molar-refractivity contribution in [2.45, 2.75) is 13.3 Å². The van der Waals surface area contributed by atoms with Gasteiger partial charge in [-0.25, -0.2) is 4.57 Å². The molecule has 1 heteroatoms. The van der Waals surface area contributed by atoms with Crippen molar-refractivity contribution in [3.8, 4) is 22.4 Å². The van der Waals surface area contributed by atoms with Crippen LogP contribution in [-0.4, -0.2) is 0 Å². The highest BCUT2D eigenvalue weighted by Gasteiger charge is 2.21. The standard InChI is InChI=1S/C20H18N/c1-14-11-16-12-15-7-3-4-8-17(15)19(16)13-18(14)20-9-5-6-10-21(20)2/h3-11,13H,12H2,1-2H3/q+1. The van der Waals surface area contributed by atoms with Crippen LogP contribution in [0.4, 0.5) is 0 Å². The fourth-order valence-electron chi connectivity index (χ4n) is 3.39. The van der Waals surface area contributed by atoms with E-state index in [1.807, 2.05) is 0 Å². The Labute approximate surface area is 125 Å². The summed E-state index contributed by atoms with van der Waals surface area (Å²) < 4.78 is 2.19. The molecule has 1 aliphatic carbocycles. The third kappa shape index (κ3) is 1.89. The molecule has 0 N–H and O–H groups in total. The molecule has 0 fully saturated rings. The van der Waals surface area contributed by atoms with Crippen molar-refractivity contribution in [2.75, 3.05) is 0 Å². The molecule has 1 heterocycles. The summed E-state index contributed by atoms with van der Waals surface area (Å²) in [6.07, 6.45) is 3.17. The van der Waals surface area contributed by atoms with Crippen molar-refractivity contribution in [2.24, 2.45) is 7.05 Å². The number of nitrogens with zero attached hydrogens (tertiary/aromatic N) is 1. The predicted molar refractivity (Wildman–Crippen MR) is 86.0 cm³/mol. The molecule has 102 valence electrons. The SMILES string of the molecule is Cc1cc2c(cc1-c1cccc[n+]1C)-c1ccccc1C2. The summed E-state index contributed by atoms with van der Waals surface area (Å²) in [5, 5.41) is 0. The van der Waals surface area contributed by atoms with Crippen LogP contribution < -0.4 is 4.57 Å². The van der Waals surface area contributed by atoms with Crippen molar-refractivity contribution in [3.05, 3.63) is 77.5 Å². The largest absolute Gasteiger partial charge is 0.212 e. The van der Waals surface area contributed by atoms with Gasteiger partial charge in [-0.1, -0.05) is 30.3 Å². The molecule has 4 rings (SSSR count). The maximum absolute atomic E-state index is 2.37. The van der Waals surface area contributed by atoms with Gasteiger partial charge in [0.1, 0.15) is 7.05 Å². The molecule has 0 amide bonds. The lowest BCUT2D eigenvalue weighted by Crippen LogP contribution is -2.30. The number of aryl methyl sites for hydroxylation is 2. The van der Waals surface area contributed by atoms with Crippen molar-refractivity contribution in [1.82, 2.24) is 0 Å². The number of aromatic nitrogens is 1. The third-order valence-corrected chi connectivity index (χ3v) is 4.47. The summed E-state index contributed by atoms with van der Waals surface area (Å²) in [5.41, 5.74) is 9.64. The molecule has 0 atom stereocenters. The van der Waals surface area contributed by atoms with Gasteiger partial charge in [-0.2, -0.15) is 0 Å². The van der Waals surface area contributed by atoms with Gasteiger partial charge in [0.05, 0.1) is 0 Å². The van der Waals surface area contributed by atoms with Crippen LogP contribution in [0, 0.1) is 6.92 Å². The maximum Gasteiger partial charge on any atom is 0.212 e. The molecule has 0 radical (unpaired) electrons. The highest BCUT2D eigenvalue weighted by Crippen LogP contribution is 2.39. The van der Waals surface area contributed by atoms with Gasteiger partial charge in [-0.05, 0) is 53.3 Å². The van der Waals surface area contributed by atoms with Crippen LogP contribution in [0.5, 0.6) is 0 Å². The second-order valence-electron chi connectivity index (χ2n) is 5.85. The first-order valence-corrected chi connectivity index (χ1v) is 7.41. The van der Waals surface area contributed by atoms with E-state index < -0.39 is 0 Å². The molecule has 0 unspecified atom stereocenters. The average molecular weight is 272 g/mol. The van der Waals surface area contributed by atoms with Crippen LogP contribution in [0.3, 0.4) is 0 Å². The molecule has 1 aliphatic rings. The van der Waals surface area contributed by atoms with Gasteiger partial charge in [0, 0.05) is 17.7 Å². The predicted octanol–water partition coefficient (Wildman–Crippen LogP) is 4.06. The first kappa shape index (κ1) is 12.3. The van der Waals surface area contributed by atoms with E-state index in [1.54, 1.807) is 0 Å². The zero-order chi connectivity index (χ0) is 14.4. The maximum atomic E-state index is 2.37. The normalized spacial score (nSPS) is 12.1. The van der Waals surface area contributed by atoms with Gasteiger partial charge in [0.15, 0.2) is 6.20 Å². The van der Waals surface area contributed by atoms with Crippen molar-refractivity contribution in [3.63, 3.8) is 0 Å². The van der Waals surface area contributed by atoms with Gasteiger partial charge in [0.2, 0.25) is 5.69 Å². The quantitative estimate of drug-likeness (QED) is 0.460. The number of hydrogen-bond acceptors (Lipinski definition) is 0. The highest BCUT2D eigenvalue weighted by molar-refractivity contribution is 5.81. The van der Waals surface area contributed by atoms with Crippen LogP contribution in [0.1, 0.15) is 16.7 Å². The Balaban J connectivity index is 1.96. The van der Waals surface area contributed by atoms with Gasteiger partial charge in [0.25, 0.3) is 0 Å². The van der Waals surface area contributed by atoms with E-state index in [9.17, 15) is 0 Å². The lowest BCUT2D eigenvalue weighted by Gasteiger charge is -2.08.